The van der Waals surface area contributed by atoms with Crippen molar-refractivity contribution in [2.75, 3.05) is 5.32 Å². The predicted octanol–water partition coefficient (Wildman–Crippen LogP) is 2.49. The van der Waals surface area contributed by atoms with Gasteiger partial charge in [0.25, 0.3) is 0 Å². The van der Waals surface area contributed by atoms with Crippen molar-refractivity contribution in [1.29, 1.82) is 0 Å². The number of fused-ring (bicyclic) bond motifs is 1. The first-order valence-corrected chi connectivity index (χ1v) is 8.38. The number of nitrogens with one attached hydrogen (secondary N) is 1. The number of hydrogen-bond acceptors (Lipinski definition) is 7. The van der Waals surface area contributed by atoms with E-state index in [1.165, 1.54) is 21.9 Å². The molecule has 0 spiro atoms. The lowest BCUT2D eigenvalue weighted by atomic mass is 10.2. The zero-order valence-corrected chi connectivity index (χ0v) is 13.7. The number of aliphatic hydroxyl groups excluding tert-OH is 1. The van der Waals surface area contributed by atoms with E-state index in [1.54, 1.807) is 30.3 Å². The Balaban J connectivity index is 1.63. The monoisotopic (exact) mass is 356 g/mol. The van der Waals surface area contributed by atoms with Crippen molar-refractivity contribution in [2.45, 2.75) is 13.2 Å². The highest BCUT2D eigenvalue weighted by molar-refractivity contribution is 7.09. The largest absolute Gasteiger partial charge is 0.390 e. The van der Waals surface area contributed by atoms with Crippen LogP contribution in [0.4, 0.5) is 10.2 Å². The first-order chi connectivity index (χ1) is 12.2. The van der Waals surface area contributed by atoms with E-state index in [-0.39, 0.29) is 12.4 Å². The van der Waals surface area contributed by atoms with Gasteiger partial charge in [-0.1, -0.05) is 12.1 Å². The molecule has 0 amide bonds. The highest BCUT2D eigenvalue weighted by Gasteiger charge is 2.13. The molecule has 0 unspecified atom stereocenters. The van der Waals surface area contributed by atoms with Gasteiger partial charge in [-0.25, -0.2) is 9.37 Å². The Kier molecular flexibility index (Phi) is 4.08. The summed E-state index contributed by atoms with van der Waals surface area (Å²) in [6.45, 7) is 0.397. The second-order valence-corrected chi connectivity index (χ2v) is 6.18. The maximum Gasteiger partial charge on any atom is 0.188 e. The van der Waals surface area contributed by atoms with Gasteiger partial charge in [0, 0.05) is 5.38 Å². The van der Waals surface area contributed by atoms with E-state index in [9.17, 15) is 4.39 Å². The Bertz CT molecular complexity index is 1030. The average molecular weight is 356 g/mol. The van der Waals surface area contributed by atoms with Crippen LogP contribution in [0.2, 0.25) is 0 Å². The number of rotatable bonds is 5. The molecule has 3 aromatic heterocycles. The fraction of sp³-hybridized carbons (Fsp3) is 0.125. The summed E-state index contributed by atoms with van der Waals surface area (Å²) >= 11 is 1.46. The molecule has 0 atom stereocenters. The second kappa shape index (κ2) is 6.54. The lowest BCUT2D eigenvalue weighted by Gasteiger charge is -2.05. The minimum absolute atomic E-state index is 0.0760. The molecule has 4 rings (SSSR count). The van der Waals surface area contributed by atoms with E-state index in [0.29, 0.717) is 35.1 Å². The van der Waals surface area contributed by atoms with Gasteiger partial charge in [0.2, 0.25) is 0 Å². The molecule has 3 heterocycles. The maximum absolute atomic E-state index is 14.0. The SMILES string of the molecule is OCc1csc(CNc2ccc3nnc(-c4ccccc4F)n3n2)n1. The number of nitrogens with zero attached hydrogens (tertiary/aromatic N) is 5. The summed E-state index contributed by atoms with van der Waals surface area (Å²) in [5.41, 5.74) is 1.51. The third-order valence-corrected chi connectivity index (χ3v) is 4.46. The van der Waals surface area contributed by atoms with Crippen LogP contribution in [-0.2, 0) is 13.2 Å². The van der Waals surface area contributed by atoms with Gasteiger partial charge in [-0.05, 0) is 24.3 Å². The summed E-state index contributed by atoms with van der Waals surface area (Å²) in [6, 6.07) is 9.91. The average Bonchev–Trinajstić information content (AvgIpc) is 3.27. The number of benzene rings is 1. The molecule has 7 nitrogen and oxygen atoms in total. The van der Waals surface area contributed by atoms with Crippen molar-refractivity contribution in [3.05, 3.63) is 58.3 Å². The third kappa shape index (κ3) is 3.06. The van der Waals surface area contributed by atoms with E-state index < -0.39 is 0 Å². The molecule has 126 valence electrons. The lowest BCUT2D eigenvalue weighted by Crippen LogP contribution is -2.05. The van der Waals surface area contributed by atoms with E-state index >= 15 is 0 Å². The highest BCUT2D eigenvalue weighted by Crippen LogP contribution is 2.21. The van der Waals surface area contributed by atoms with E-state index in [4.69, 9.17) is 5.11 Å². The van der Waals surface area contributed by atoms with E-state index in [2.05, 4.69) is 25.6 Å². The van der Waals surface area contributed by atoms with Gasteiger partial charge < -0.3 is 10.4 Å². The highest BCUT2D eigenvalue weighted by atomic mass is 32.1. The van der Waals surface area contributed by atoms with Crippen LogP contribution in [0, 0.1) is 5.82 Å². The van der Waals surface area contributed by atoms with Crippen LogP contribution in [-0.4, -0.2) is 29.9 Å². The van der Waals surface area contributed by atoms with Crippen LogP contribution in [0.5, 0.6) is 0 Å². The van der Waals surface area contributed by atoms with Crippen molar-refractivity contribution in [3.63, 3.8) is 0 Å². The molecule has 0 radical (unpaired) electrons. The Labute approximate surface area is 145 Å². The van der Waals surface area contributed by atoms with Crippen molar-refractivity contribution >= 4 is 22.8 Å². The smallest absolute Gasteiger partial charge is 0.188 e. The maximum atomic E-state index is 14.0. The summed E-state index contributed by atoms with van der Waals surface area (Å²) in [5, 5.41) is 27.4. The van der Waals surface area contributed by atoms with Crippen molar-refractivity contribution < 1.29 is 9.50 Å². The summed E-state index contributed by atoms with van der Waals surface area (Å²) in [5.74, 6) is 0.551. The number of aliphatic hydroxyl groups is 1. The first kappa shape index (κ1) is 15.6. The van der Waals surface area contributed by atoms with Crippen molar-refractivity contribution in [1.82, 2.24) is 24.8 Å². The number of halogens is 1. The van der Waals surface area contributed by atoms with E-state index in [0.717, 1.165) is 5.01 Å². The van der Waals surface area contributed by atoms with Crippen LogP contribution >= 0.6 is 11.3 Å². The fourth-order valence-electron chi connectivity index (χ4n) is 2.36. The Hall–Kier alpha value is -2.91. The number of hydrogen-bond donors (Lipinski definition) is 2. The Morgan fingerprint density at radius 2 is 2.04 bits per heavy atom. The Morgan fingerprint density at radius 1 is 1.16 bits per heavy atom. The quantitative estimate of drug-likeness (QED) is 0.571. The molecule has 9 heteroatoms. The van der Waals surface area contributed by atoms with Crippen molar-refractivity contribution in [3.8, 4) is 11.4 Å². The number of anilines is 1. The third-order valence-electron chi connectivity index (χ3n) is 3.56. The molecule has 25 heavy (non-hydrogen) atoms. The van der Waals surface area contributed by atoms with Crippen LogP contribution < -0.4 is 5.32 Å². The lowest BCUT2D eigenvalue weighted by molar-refractivity contribution is 0.277. The van der Waals surface area contributed by atoms with Gasteiger partial charge in [0.15, 0.2) is 11.5 Å². The fourth-order valence-corrected chi connectivity index (χ4v) is 3.09. The minimum Gasteiger partial charge on any atom is -0.390 e. The zero-order chi connectivity index (χ0) is 17.2. The van der Waals surface area contributed by atoms with Gasteiger partial charge in [0.1, 0.15) is 16.6 Å². The van der Waals surface area contributed by atoms with E-state index in [1.807, 2.05) is 5.38 Å². The second-order valence-electron chi connectivity index (χ2n) is 5.24. The molecule has 2 N–H and O–H groups in total. The molecule has 4 aromatic rings. The van der Waals surface area contributed by atoms with Gasteiger partial charge in [0.05, 0.1) is 24.4 Å². The van der Waals surface area contributed by atoms with Crippen molar-refractivity contribution in [2.24, 2.45) is 0 Å². The summed E-state index contributed by atoms with van der Waals surface area (Å²) < 4.78 is 15.5. The standard InChI is InChI=1S/C16H13FN6OS/c17-12-4-2-1-3-11(12)16-21-20-14-6-5-13(22-23(14)16)18-7-15-19-10(8-24)9-25-15/h1-6,9,24H,7-8H2,(H,18,22). The molecule has 0 saturated carbocycles. The topological polar surface area (TPSA) is 88.2 Å². The summed E-state index contributed by atoms with van der Waals surface area (Å²) in [7, 11) is 0. The van der Waals surface area contributed by atoms with Gasteiger partial charge in [-0.2, -0.15) is 4.52 Å². The van der Waals surface area contributed by atoms with Crippen LogP contribution in [0.1, 0.15) is 10.7 Å². The van der Waals surface area contributed by atoms with Gasteiger partial charge >= 0.3 is 0 Å². The van der Waals surface area contributed by atoms with Gasteiger partial charge in [-0.3, -0.25) is 0 Å². The summed E-state index contributed by atoms with van der Waals surface area (Å²) in [6.07, 6.45) is 0. The molecule has 0 fully saturated rings. The minimum atomic E-state index is -0.378. The molecule has 0 aliphatic heterocycles. The van der Waals surface area contributed by atoms with Gasteiger partial charge in [-0.15, -0.1) is 26.6 Å². The molecule has 0 aliphatic rings. The molecule has 0 aliphatic carbocycles. The first-order valence-electron chi connectivity index (χ1n) is 7.50. The number of aromatic nitrogens is 5. The molecule has 0 bridgehead atoms. The predicted molar refractivity (Wildman–Crippen MR) is 91.5 cm³/mol. The normalized spacial score (nSPS) is 11.1. The number of thiazole rings is 1. The molecule has 0 saturated heterocycles. The van der Waals surface area contributed by atoms with Crippen LogP contribution in [0.15, 0.2) is 41.8 Å². The summed E-state index contributed by atoms with van der Waals surface area (Å²) in [4.78, 5) is 4.27. The van der Waals surface area contributed by atoms with Crippen LogP contribution in [0.25, 0.3) is 17.0 Å². The zero-order valence-electron chi connectivity index (χ0n) is 12.9. The van der Waals surface area contributed by atoms with Crippen LogP contribution in [0.3, 0.4) is 0 Å². The Morgan fingerprint density at radius 3 is 2.84 bits per heavy atom. The molecular formula is C16H13FN6OS. The molecule has 1 aromatic carbocycles. The molecular weight excluding hydrogens is 343 g/mol.